The van der Waals surface area contributed by atoms with Crippen LogP contribution in [0.15, 0.2) is 71.7 Å². The molecule has 2 unspecified atom stereocenters. The highest BCUT2D eigenvalue weighted by molar-refractivity contribution is 6.39. The number of alkyl halides is 3. The van der Waals surface area contributed by atoms with Crippen molar-refractivity contribution in [2.75, 3.05) is 10.6 Å². The molecule has 0 spiro atoms. The first-order valence-corrected chi connectivity index (χ1v) is 11.7. The summed E-state index contributed by atoms with van der Waals surface area (Å²) < 4.78 is 40.5. The molecule has 2 atom stereocenters. The molecule has 0 saturated heterocycles. The number of amides is 2. The minimum absolute atomic E-state index is 0.00227. The second-order valence-electron chi connectivity index (χ2n) is 8.09. The minimum Gasteiger partial charge on any atom is -0.406 e. The van der Waals surface area contributed by atoms with Gasteiger partial charge in [0.1, 0.15) is 5.75 Å². The molecule has 0 aliphatic heterocycles. The molecule has 3 aromatic carbocycles. The molecule has 4 N–H and O–H groups in total. The standard InChI is InChI=1S/C25H20Cl2F3N5O2/c26-19-2-1-3-20(27)22(19)35-24(36)34-21-12-18(21)14-4-6-15(7-5-14)23(31)33-13-32-16-8-10-17(11-9-16)37-25(28,29)30/h1-11,13,18,21H,12H2,(H2,31,32,33)(H2,34,35,36). The Bertz CT molecular complexity index is 1300. The van der Waals surface area contributed by atoms with E-state index in [-0.39, 0.29) is 23.5 Å². The van der Waals surface area contributed by atoms with Crippen molar-refractivity contribution in [2.24, 2.45) is 4.99 Å². The van der Waals surface area contributed by atoms with Gasteiger partial charge in [0.25, 0.3) is 0 Å². The first kappa shape index (κ1) is 26.3. The van der Waals surface area contributed by atoms with E-state index in [0.717, 1.165) is 12.0 Å². The van der Waals surface area contributed by atoms with Crippen LogP contribution in [0, 0.1) is 5.41 Å². The molecule has 1 aliphatic rings. The van der Waals surface area contributed by atoms with Crippen molar-refractivity contribution in [3.05, 3.63) is 87.9 Å². The monoisotopic (exact) mass is 549 g/mol. The van der Waals surface area contributed by atoms with E-state index in [1.165, 1.54) is 30.6 Å². The topological polar surface area (TPSA) is 98.6 Å². The molecule has 192 valence electrons. The van der Waals surface area contributed by atoms with Crippen LogP contribution in [0.4, 0.5) is 29.3 Å². The van der Waals surface area contributed by atoms with Gasteiger partial charge >= 0.3 is 12.4 Å². The molecule has 0 heterocycles. The van der Waals surface area contributed by atoms with Gasteiger partial charge in [-0.2, -0.15) is 0 Å². The average molecular weight is 550 g/mol. The van der Waals surface area contributed by atoms with E-state index in [2.05, 4.69) is 25.7 Å². The molecule has 7 nitrogen and oxygen atoms in total. The number of urea groups is 1. The Hall–Kier alpha value is -3.76. The van der Waals surface area contributed by atoms with Crippen molar-refractivity contribution in [3.63, 3.8) is 0 Å². The van der Waals surface area contributed by atoms with E-state index in [1.807, 2.05) is 12.1 Å². The van der Waals surface area contributed by atoms with Crippen molar-refractivity contribution in [2.45, 2.75) is 24.7 Å². The number of nitrogens with zero attached hydrogens (tertiary/aromatic N) is 1. The predicted octanol–water partition coefficient (Wildman–Crippen LogP) is 7.04. The van der Waals surface area contributed by atoms with E-state index in [9.17, 15) is 18.0 Å². The average Bonchev–Trinajstić information content (AvgIpc) is 3.60. The van der Waals surface area contributed by atoms with Gasteiger partial charge in [-0.05, 0) is 48.4 Å². The maximum absolute atomic E-state index is 12.3. The van der Waals surface area contributed by atoms with E-state index < -0.39 is 12.4 Å². The van der Waals surface area contributed by atoms with E-state index in [4.69, 9.17) is 28.6 Å². The number of para-hydroxylation sites is 1. The number of hydrogen-bond acceptors (Lipinski definition) is 3. The van der Waals surface area contributed by atoms with Gasteiger partial charge in [0.05, 0.1) is 22.1 Å². The predicted molar refractivity (Wildman–Crippen MR) is 138 cm³/mol. The molecule has 0 aromatic heterocycles. The highest BCUT2D eigenvalue weighted by atomic mass is 35.5. The van der Waals surface area contributed by atoms with Crippen molar-refractivity contribution in [1.82, 2.24) is 5.32 Å². The zero-order valence-electron chi connectivity index (χ0n) is 18.9. The number of carbonyl (C=O) groups excluding carboxylic acids is 1. The van der Waals surface area contributed by atoms with Gasteiger partial charge in [-0.15, -0.1) is 13.2 Å². The molecule has 37 heavy (non-hydrogen) atoms. The number of anilines is 2. The van der Waals surface area contributed by atoms with Crippen molar-refractivity contribution in [3.8, 4) is 5.75 Å². The zero-order valence-corrected chi connectivity index (χ0v) is 20.5. The minimum atomic E-state index is -4.75. The lowest BCUT2D eigenvalue weighted by Gasteiger charge is -2.10. The lowest BCUT2D eigenvalue weighted by atomic mass is 10.1. The second-order valence-corrected chi connectivity index (χ2v) is 8.90. The summed E-state index contributed by atoms with van der Waals surface area (Å²) in [7, 11) is 0. The van der Waals surface area contributed by atoms with E-state index >= 15 is 0 Å². The normalized spacial score (nSPS) is 16.8. The molecule has 1 fully saturated rings. The summed E-state index contributed by atoms with van der Waals surface area (Å²) in [5.41, 5.74) is 2.42. The van der Waals surface area contributed by atoms with Crippen molar-refractivity contribution >= 4 is 52.8 Å². The second kappa shape index (κ2) is 11.1. The van der Waals surface area contributed by atoms with Crippen LogP contribution in [0.3, 0.4) is 0 Å². The molecule has 12 heteroatoms. The summed E-state index contributed by atoms with van der Waals surface area (Å²) in [6, 6.07) is 16.9. The van der Waals surface area contributed by atoms with Gasteiger partial charge in [-0.1, -0.05) is 53.5 Å². The molecule has 1 aliphatic carbocycles. The molecule has 2 amide bonds. The molecular formula is C25H20Cl2F3N5O2. The largest absolute Gasteiger partial charge is 0.573 e. The molecule has 1 saturated carbocycles. The lowest BCUT2D eigenvalue weighted by molar-refractivity contribution is -0.274. The van der Waals surface area contributed by atoms with Crippen LogP contribution in [0.25, 0.3) is 0 Å². The van der Waals surface area contributed by atoms with Crippen LogP contribution in [0.2, 0.25) is 10.0 Å². The van der Waals surface area contributed by atoms with Crippen molar-refractivity contribution < 1.29 is 22.7 Å². The van der Waals surface area contributed by atoms with Crippen LogP contribution in [-0.4, -0.2) is 30.6 Å². The first-order valence-electron chi connectivity index (χ1n) is 10.9. The number of hydrogen-bond donors (Lipinski definition) is 4. The summed E-state index contributed by atoms with van der Waals surface area (Å²) in [5, 5.41) is 17.2. The Balaban J connectivity index is 1.25. The highest BCUT2D eigenvalue weighted by Gasteiger charge is 2.39. The fourth-order valence-electron chi connectivity index (χ4n) is 3.55. The maximum atomic E-state index is 12.3. The number of nitrogens with one attached hydrogen (secondary N) is 4. The quantitative estimate of drug-likeness (QED) is 0.188. The van der Waals surface area contributed by atoms with Gasteiger partial charge in [0.2, 0.25) is 0 Å². The molecule has 0 radical (unpaired) electrons. The van der Waals surface area contributed by atoms with Crippen LogP contribution in [0.5, 0.6) is 5.75 Å². The molecule has 0 bridgehead atoms. The number of rotatable bonds is 7. The maximum Gasteiger partial charge on any atom is 0.573 e. The fourth-order valence-corrected chi connectivity index (χ4v) is 4.04. The fraction of sp³-hybridized carbons (Fsp3) is 0.160. The molecule has 3 aromatic rings. The Labute approximate surface area is 220 Å². The summed E-state index contributed by atoms with van der Waals surface area (Å²) in [6.45, 7) is 0. The Morgan fingerprint density at radius 1 is 1.03 bits per heavy atom. The first-order chi connectivity index (χ1) is 17.6. The summed E-state index contributed by atoms with van der Waals surface area (Å²) in [4.78, 5) is 16.3. The summed E-state index contributed by atoms with van der Waals surface area (Å²) >= 11 is 12.2. The van der Waals surface area contributed by atoms with Crippen LogP contribution in [-0.2, 0) is 0 Å². The Morgan fingerprint density at radius 3 is 2.30 bits per heavy atom. The number of halogens is 5. The number of ether oxygens (including phenoxy) is 1. The smallest absolute Gasteiger partial charge is 0.406 e. The third-order valence-electron chi connectivity index (χ3n) is 5.43. The lowest BCUT2D eigenvalue weighted by Crippen LogP contribution is -2.31. The Morgan fingerprint density at radius 2 is 1.68 bits per heavy atom. The van der Waals surface area contributed by atoms with E-state index in [0.29, 0.717) is 27.0 Å². The van der Waals surface area contributed by atoms with Gasteiger partial charge < -0.3 is 20.7 Å². The van der Waals surface area contributed by atoms with Gasteiger partial charge in [-0.25, -0.2) is 9.79 Å². The zero-order chi connectivity index (χ0) is 26.6. The van der Waals surface area contributed by atoms with Crippen LogP contribution >= 0.6 is 23.2 Å². The van der Waals surface area contributed by atoms with Crippen LogP contribution in [0.1, 0.15) is 23.5 Å². The summed E-state index contributed by atoms with van der Waals surface area (Å²) in [5.74, 6) is -0.191. The van der Waals surface area contributed by atoms with Crippen LogP contribution < -0.4 is 20.7 Å². The molecular weight excluding hydrogens is 530 g/mol. The van der Waals surface area contributed by atoms with Gasteiger partial charge in [-0.3, -0.25) is 5.41 Å². The highest BCUT2D eigenvalue weighted by Crippen LogP contribution is 2.41. The van der Waals surface area contributed by atoms with Crippen molar-refractivity contribution in [1.29, 1.82) is 5.41 Å². The number of benzene rings is 3. The Kier molecular flexibility index (Phi) is 7.89. The molecule has 4 rings (SSSR count). The third-order valence-corrected chi connectivity index (χ3v) is 6.06. The van der Waals surface area contributed by atoms with E-state index in [1.54, 1.807) is 30.3 Å². The number of aliphatic imine (C=N–C) groups is 1. The van der Waals surface area contributed by atoms with Gasteiger partial charge in [0.15, 0.2) is 5.84 Å². The summed E-state index contributed by atoms with van der Waals surface area (Å²) in [6.07, 6.45) is -2.70. The third kappa shape index (κ3) is 7.37. The van der Waals surface area contributed by atoms with Gasteiger partial charge in [0, 0.05) is 23.2 Å². The number of carbonyl (C=O) groups is 1. The SMILES string of the molecule is N=C(/N=C\Nc1ccc(OC(F)(F)F)cc1)c1ccc(C2CC2NC(=O)Nc2c(Cl)cccc2Cl)cc1. The number of amidine groups is 1.